The standard InChI is InChI=1S/C21H22ClN3O4/c1-4-21(14-9-10-17(29-3)13(2)11-14)19(27)25(20(28)24-21)12-18(26)23-16-8-6-5-7-15(16)22/h5-11H,4,12H2,1-3H3,(H,23,26)(H,24,28). The van der Waals surface area contributed by atoms with Gasteiger partial charge in [-0.2, -0.15) is 0 Å². The lowest BCUT2D eigenvalue weighted by molar-refractivity contribution is -0.134. The molecule has 7 nitrogen and oxygen atoms in total. The van der Waals surface area contributed by atoms with Gasteiger partial charge >= 0.3 is 6.03 Å². The van der Waals surface area contributed by atoms with Crippen LogP contribution in [0, 0.1) is 6.92 Å². The summed E-state index contributed by atoms with van der Waals surface area (Å²) >= 11 is 6.04. The first-order chi connectivity index (χ1) is 13.8. The number of methoxy groups -OCH3 is 1. The van der Waals surface area contributed by atoms with Crippen LogP contribution in [-0.2, 0) is 15.1 Å². The molecule has 29 heavy (non-hydrogen) atoms. The van der Waals surface area contributed by atoms with Crippen LogP contribution in [-0.4, -0.2) is 36.4 Å². The topological polar surface area (TPSA) is 87.7 Å². The van der Waals surface area contributed by atoms with Gasteiger partial charge < -0.3 is 15.4 Å². The number of ether oxygens (including phenoxy) is 1. The molecule has 8 heteroatoms. The van der Waals surface area contributed by atoms with E-state index in [9.17, 15) is 14.4 Å². The van der Waals surface area contributed by atoms with Gasteiger partial charge in [-0.05, 0) is 48.7 Å². The molecule has 3 rings (SSSR count). The van der Waals surface area contributed by atoms with Crippen LogP contribution >= 0.6 is 11.6 Å². The van der Waals surface area contributed by atoms with Gasteiger partial charge in [0.2, 0.25) is 5.91 Å². The summed E-state index contributed by atoms with van der Waals surface area (Å²) in [4.78, 5) is 39.1. The Labute approximate surface area is 174 Å². The van der Waals surface area contributed by atoms with Crippen LogP contribution in [0.25, 0.3) is 0 Å². The first-order valence-electron chi connectivity index (χ1n) is 9.16. The van der Waals surface area contributed by atoms with Crippen molar-refractivity contribution in [1.82, 2.24) is 10.2 Å². The van der Waals surface area contributed by atoms with Gasteiger partial charge in [0.05, 0.1) is 17.8 Å². The second kappa shape index (κ2) is 8.13. The normalized spacial score (nSPS) is 18.6. The second-order valence-corrected chi connectivity index (χ2v) is 7.20. The molecule has 0 aliphatic carbocycles. The Kier molecular flexibility index (Phi) is 5.79. The minimum Gasteiger partial charge on any atom is -0.496 e. The van der Waals surface area contributed by atoms with Crippen LogP contribution in [0.2, 0.25) is 5.02 Å². The maximum Gasteiger partial charge on any atom is 0.325 e. The summed E-state index contributed by atoms with van der Waals surface area (Å²) in [6, 6.07) is 11.5. The monoisotopic (exact) mass is 415 g/mol. The molecular weight excluding hydrogens is 394 g/mol. The number of para-hydroxylation sites is 1. The van der Waals surface area contributed by atoms with Crippen molar-refractivity contribution in [1.29, 1.82) is 0 Å². The molecule has 1 aliphatic rings. The lowest BCUT2D eigenvalue weighted by Gasteiger charge is -2.26. The van der Waals surface area contributed by atoms with Gasteiger partial charge in [0.1, 0.15) is 17.8 Å². The van der Waals surface area contributed by atoms with Crippen molar-refractivity contribution < 1.29 is 19.1 Å². The van der Waals surface area contributed by atoms with E-state index >= 15 is 0 Å². The molecule has 2 aromatic rings. The molecule has 2 aromatic carbocycles. The van der Waals surface area contributed by atoms with Crippen LogP contribution in [0.3, 0.4) is 0 Å². The average molecular weight is 416 g/mol. The minimum atomic E-state index is -1.22. The molecule has 1 saturated heterocycles. The van der Waals surface area contributed by atoms with Gasteiger partial charge in [-0.25, -0.2) is 4.79 Å². The van der Waals surface area contributed by atoms with Gasteiger partial charge in [-0.1, -0.05) is 36.7 Å². The van der Waals surface area contributed by atoms with E-state index < -0.39 is 29.9 Å². The first-order valence-corrected chi connectivity index (χ1v) is 9.53. The fraction of sp³-hybridized carbons (Fsp3) is 0.286. The molecule has 152 valence electrons. The number of aryl methyl sites for hydroxylation is 1. The number of rotatable bonds is 6. The van der Waals surface area contributed by atoms with Crippen LogP contribution in [0.1, 0.15) is 24.5 Å². The van der Waals surface area contributed by atoms with Crippen molar-refractivity contribution in [3.05, 3.63) is 58.6 Å². The molecule has 1 fully saturated rings. The van der Waals surface area contributed by atoms with E-state index in [0.29, 0.717) is 28.4 Å². The Morgan fingerprint density at radius 2 is 1.97 bits per heavy atom. The molecule has 4 amide bonds. The fourth-order valence-corrected chi connectivity index (χ4v) is 3.63. The number of hydrogen-bond donors (Lipinski definition) is 2. The molecule has 1 aliphatic heterocycles. The van der Waals surface area contributed by atoms with Crippen LogP contribution < -0.4 is 15.4 Å². The maximum absolute atomic E-state index is 13.2. The molecule has 1 atom stereocenters. The van der Waals surface area contributed by atoms with Crippen molar-refractivity contribution in [3.8, 4) is 5.75 Å². The van der Waals surface area contributed by atoms with E-state index in [2.05, 4.69) is 10.6 Å². The van der Waals surface area contributed by atoms with Crippen molar-refractivity contribution in [2.45, 2.75) is 25.8 Å². The van der Waals surface area contributed by atoms with Crippen LogP contribution in [0.5, 0.6) is 5.75 Å². The van der Waals surface area contributed by atoms with Crippen molar-refractivity contribution in [2.24, 2.45) is 0 Å². The number of carbonyl (C=O) groups excluding carboxylic acids is 3. The Hall–Kier alpha value is -3.06. The van der Waals surface area contributed by atoms with Crippen molar-refractivity contribution in [3.63, 3.8) is 0 Å². The zero-order valence-corrected chi connectivity index (χ0v) is 17.2. The molecule has 1 heterocycles. The van der Waals surface area contributed by atoms with E-state index in [1.165, 1.54) is 0 Å². The molecule has 0 saturated carbocycles. The third-order valence-electron chi connectivity index (χ3n) is 5.04. The van der Waals surface area contributed by atoms with Gasteiger partial charge in [-0.3, -0.25) is 14.5 Å². The number of halogens is 1. The number of urea groups is 1. The summed E-state index contributed by atoms with van der Waals surface area (Å²) in [7, 11) is 1.57. The number of nitrogens with zero attached hydrogens (tertiary/aromatic N) is 1. The third kappa shape index (κ3) is 3.78. The first kappa shape index (κ1) is 20.7. The van der Waals surface area contributed by atoms with Gasteiger partial charge in [0.25, 0.3) is 5.91 Å². The van der Waals surface area contributed by atoms with E-state index in [0.717, 1.165) is 10.5 Å². The number of carbonyl (C=O) groups is 3. The zero-order chi connectivity index (χ0) is 21.2. The largest absolute Gasteiger partial charge is 0.496 e. The van der Waals surface area contributed by atoms with Crippen LogP contribution in [0.4, 0.5) is 10.5 Å². The molecular formula is C21H22ClN3O4. The molecule has 0 bridgehead atoms. The SMILES string of the molecule is CCC1(c2ccc(OC)c(C)c2)NC(=O)N(CC(=O)Nc2ccccc2Cl)C1=O. The minimum absolute atomic E-state index is 0.339. The zero-order valence-electron chi connectivity index (χ0n) is 16.4. The Morgan fingerprint density at radius 1 is 1.24 bits per heavy atom. The van der Waals surface area contributed by atoms with E-state index in [1.54, 1.807) is 43.5 Å². The number of amides is 4. The van der Waals surface area contributed by atoms with Crippen molar-refractivity contribution in [2.75, 3.05) is 19.0 Å². The maximum atomic E-state index is 13.2. The highest BCUT2D eigenvalue weighted by Crippen LogP contribution is 2.34. The van der Waals surface area contributed by atoms with Gasteiger partial charge in [0, 0.05) is 0 Å². The number of nitrogens with one attached hydrogen (secondary N) is 2. The number of anilines is 1. The fourth-order valence-electron chi connectivity index (χ4n) is 3.45. The third-order valence-corrected chi connectivity index (χ3v) is 5.37. The Morgan fingerprint density at radius 3 is 2.59 bits per heavy atom. The lowest BCUT2D eigenvalue weighted by atomic mass is 9.86. The van der Waals surface area contributed by atoms with E-state index in [4.69, 9.17) is 16.3 Å². The average Bonchev–Trinajstić information content (AvgIpc) is 2.94. The predicted molar refractivity (Wildman–Crippen MR) is 110 cm³/mol. The molecule has 1 unspecified atom stereocenters. The second-order valence-electron chi connectivity index (χ2n) is 6.79. The lowest BCUT2D eigenvalue weighted by Crippen LogP contribution is -2.44. The molecule has 2 N–H and O–H groups in total. The van der Waals surface area contributed by atoms with E-state index in [1.807, 2.05) is 19.9 Å². The van der Waals surface area contributed by atoms with Crippen molar-refractivity contribution >= 4 is 35.1 Å². The summed E-state index contributed by atoms with van der Waals surface area (Å²) in [6.07, 6.45) is 0.339. The number of imide groups is 1. The Balaban J connectivity index is 1.83. The predicted octanol–water partition coefficient (Wildman–Crippen LogP) is 3.45. The quantitative estimate of drug-likeness (QED) is 0.707. The van der Waals surface area contributed by atoms with E-state index in [-0.39, 0.29) is 0 Å². The summed E-state index contributed by atoms with van der Waals surface area (Å²) in [5.74, 6) is -0.295. The number of hydrogen-bond acceptors (Lipinski definition) is 4. The summed E-state index contributed by atoms with van der Waals surface area (Å²) in [5, 5.41) is 5.77. The smallest absolute Gasteiger partial charge is 0.325 e. The van der Waals surface area contributed by atoms with Crippen LogP contribution in [0.15, 0.2) is 42.5 Å². The summed E-state index contributed by atoms with van der Waals surface area (Å²) in [5.41, 5.74) is 0.679. The van der Waals surface area contributed by atoms with Gasteiger partial charge in [-0.15, -0.1) is 0 Å². The summed E-state index contributed by atoms with van der Waals surface area (Å²) < 4.78 is 5.27. The highest BCUT2D eigenvalue weighted by molar-refractivity contribution is 6.33. The molecule has 0 aromatic heterocycles. The van der Waals surface area contributed by atoms with Gasteiger partial charge in [0.15, 0.2) is 0 Å². The highest BCUT2D eigenvalue weighted by atomic mass is 35.5. The Bertz CT molecular complexity index is 978. The number of benzene rings is 2. The molecule has 0 spiro atoms. The highest BCUT2D eigenvalue weighted by Gasteiger charge is 2.51. The summed E-state index contributed by atoms with van der Waals surface area (Å²) in [6.45, 7) is 3.26. The molecule has 0 radical (unpaired) electrons.